The first-order valence-electron chi connectivity index (χ1n) is 9.91. The number of aromatic nitrogens is 2. The third kappa shape index (κ3) is 4.82. The Kier molecular flexibility index (Phi) is 6.64. The summed E-state index contributed by atoms with van der Waals surface area (Å²) >= 11 is 0. The molecule has 8 heteroatoms. The zero-order valence-electron chi connectivity index (χ0n) is 17.2. The third-order valence-corrected chi connectivity index (χ3v) is 4.83. The van der Waals surface area contributed by atoms with Crippen LogP contribution in [0.2, 0.25) is 0 Å². The van der Waals surface area contributed by atoms with Crippen LogP contribution in [0.1, 0.15) is 29.9 Å². The van der Waals surface area contributed by atoms with Gasteiger partial charge in [-0.15, -0.1) is 0 Å². The Balaban J connectivity index is 1.72. The van der Waals surface area contributed by atoms with Crippen LogP contribution in [0.25, 0.3) is 0 Å². The topological polar surface area (TPSA) is 78.9 Å². The van der Waals surface area contributed by atoms with Crippen molar-refractivity contribution in [3.05, 3.63) is 47.8 Å². The molecule has 0 radical (unpaired) electrons. The van der Waals surface area contributed by atoms with Gasteiger partial charge in [0.25, 0.3) is 5.91 Å². The molecule has 1 saturated heterocycles. The monoisotopic (exact) mass is 397 g/mol. The van der Waals surface area contributed by atoms with Gasteiger partial charge < -0.3 is 19.4 Å². The van der Waals surface area contributed by atoms with Crippen LogP contribution in [0.4, 0.5) is 16.4 Å². The van der Waals surface area contributed by atoms with Crippen LogP contribution in [0, 0.1) is 6.92 Å². The van der Waals surface area contributed by atoms with E-state index >= 15 is 0 Å². The second kappa shape index (κ2) is 9.36. The van der Waals surface area contributed by atoms with Crippen LogP contribution in [0.15, 0.2) is 36.5 Å². The summed E-state index contributed by atoms with van der Waals surface area (Å²) in [7, 11) is 0. The summed E-state index contributed by atoms with van der Waals surface area (Å²) < 4.78 is 5.02. The molecule has 0 N–H and O–H groups in total. The van der Waals surface area contributed by atoms with Gasteiger partial charge in [0, 0.05) is 44.6 Å². The molecule has 0 spiro atoms. The maximum absolute atomic E-state index is 12.9. The Morgan fingerprint density at radius 2 is 1.83 bits per heavy atom. The first-order valence-corrected chi connectivity index (χ1v) is 9.91. The predicted molar refractivity (Wildman–Crippen MR) is 110 cm³/mol. The number of aryl methyl sites for hydroxylation is 1. The molecule has 1 aromatic heterocycles. The fourth-order valence-electron chi connectivity index (χ4n) is 3.30. The Hall–Kier alpha value is -3.16. The Morgan fingerprint density at radius 1 is 1.10 bits per heavy atom. The molecular weight excluding hydrogens is 370 g/mol. The van der Waals surface area contributed by atoms with Crippen LogP contribution in [-0.2, 0) is 4.74 Å². The van der Waals surface area contributed by atoms with Crippen molar-refractivity contribution < 1.29 is 14.3 Å². The molecule has 0 atom stereocenters. The van der Waals surface area contributed by atoms with E-state index < -0.39 is 0 Å². The van der Waals surface area contributed by atoms with Crippen LogP contribution in [0.5, 0.6) is 0 Å². The molecule has 0 unspecified atom stereocenters. The molecule has 0 bridgehead atoms. The molecule has 0 aliphatic carbocycles. The number of anilines is 2. The first kappa shape index (κ1) is 20.6. The number of benzene rings is 1. The summed E-state index contributed by atoms with van der Waals surface area (Å²) in [4.78, 5) is 39.0. The van der Waals surface area contributed by atoms with Crippen molar-refractivity contribution in [3.63, 3.8) is 0 Å². The fourth-order valence-corrected chi connectivity index (χ4v) is 3.30. The highest BCUT2D eigenvalue weighted by Gasteiger charge is 2.26. The Morgan fingerprint density at radius 3 is 2.48 bits per heavy atom. The molecule has 0 saturated carbocycles. The fraction of sp³-hybridized carbons (Fsp3) is 0.429. The van der Waals surface area contributed by atoms with Gasteiger partial charge in [-0.1, -0.05) is 12.1 Å². The maximum Gasteiger partial charge on any atom is 0.409 e. The van der Waals surface area contributed by atoms with Crippen molar-refractivity contribution in [3.8, 4) is 0 Å². The average molecular weight is 397 g/mol. The van der Waals surface area contributed by atoms with E-state index in [-0.39, 0.29) is 12.0 Å². The number of hydrogen-bond donors (Lipinski definition) is 0. The standard InChI is InChI=1S/C21H27N5O3/c1-4-26(17-8-6-7-16(3)15-17)20-22-10-9-18(23-20)19(27)24-11-13-25(14-12-24)21(28)29-5-2/h6-10,15H,4-5,11-14H2,1-3H3. The molecule has 8 nitrogen and oxygen atoms in total. The number of amides is 2. The molecule has 2 aromatic rings. The number of rotatable bonds is 5. The molecule has 1 aliphatic rings. The third-order valence-electron chi connectivity index (χ3n) is 4.83. The van der Waals surface area contributed by atoms with Gasteiger partial charge in [-0.2, -0.15) is 0 Å². The smallest absolute Gasteiger partial charge is 0.409 e. The Bertz CT molecular complexity index is 865. The highest BCUT2D eigenvalue weighted by Crippen LogP contribution is 2.23. The van der Waals surface area contributed by atoms with Crippen LogP contribution in [-0.4, -0.2) is 71.1 Å². The van der Waals surface area contributed by atoms with Gasteiger partial charge in [0.1, 0.15) is 5.69 Å². The highest BCUT2D eigenvalue weighted by molar-refractivity contribution is 5.92. The van der Waals surface area contributed by atoms with E-state index in [0.717, 1.165) is 11.3 Å². The second-order valence-electron chi connectivity index (χ2n) is 6.80. The van der Waals surface area contributed by atoms with Crippen LogP contribution in [0.3, 0.4) is 0 Å². The van der Waals surface area contributed by atoms with Crippen molar-refractivity contribution in [1.82, 2.24) is 19.8 Å². The number of nitrogens with zero attached hydrogens (tertiary/aromatic N) is 5. The molecule has 1 fully saturated rings. The number of piperazine rings is 1. The van der Waals surface area contributed by atoms with E-state index in [2.05, 4.69) is 16.0 Å². The van der Waals surface area contributed by atoms with Gasteiger partial charge in [-0.05, 0) is 44.5 Å². The lowest BCUT2D eigenvalue weighted by atomic mass is 10.2. The minimum Gasteiger partial charge on any atom is -0.450 e. The molecule has 29 heavy (non-hydrogen) atoms. The molecule has 2 heterocycles. The van der Waals surface area contributed by atoms with Crippen molar-refractivity contribution in [1.29, 1.82) is 0 Å². The van der Waals surface area contributed by atoms with Gasteiger partial charge >= 0.3 is 6.09 Å². The van der Waals surface area contributed by atoms with E-state index in [1.165, 1.54) is 0 Å². The highest BCUT2D eigenvalue weighted by atomic mass is 16.6. The second-order valence-corrected chi connectivity index (χ2v) is 6.80. The summed E-state index contributed by atoms with van der Waals surface area (Å²) in [5.41, 5.74) is 2.48. The number of hydrogen-bond acceptors (Lipinski definition) is 6. The molecule has 1 aliphatic heterocycles. The summed E-state index contributed by atoms with van der Waals surface area (Å²) in [6, 6.07) is 9.73. The quantitative estimate of drug-likeness (QED) is 0.772. The summed E-state index contributed by atoms with van der Waals surface area (Å²) in [5, 5.41) is 0. The Labute approximate surface area is 171 Å². The molecule has 154 valence electrons. The van der Waals surface area contributed by atoms with E-state index in [1.807, 2.05) is 36.9 Å². The van der Waals surface area contributed by atoms with Gasteiger partial charge in [0.05, 0.1) is 6.61 Å². The molecule has 2 amide bonds. The van der Waals surface area contributed by atoms with Crippen molar-refractivity contribution in [2.24, 2.45) is 0 Å². The summed E-state index contributed by atoms with van der Waals surface area (Å²) in [6.07, 6.45) is 1.28. The van der Waals surface area contributed by atoms with E-state index in [4.69, 9.17) is 4.74 Å². The first-order chi connectivity index (χ1) is 14.0. The van der Waals surface area contributed by atoms with Gasteiger partial charge in [0.2, 0.25) is 5.95 Å². The van der Waals surface area contributed by atoms with Gasteiger partial charge in [-0.3, -0.25) is 4.79 Å². The van der Waals surface area contributed by atoms with Crippen LogP contribution < -0.4 is 4.90 Å². The van der Waals surface area contributed by atoms with E-state index in [9.17, 15) is 9.59 Å². The van der Waals surface area contributed by atoms with E-state index in [1.54, 1.807) is 29.0 Å². The molecule has 1 aromatic carbocycles. The lowest BCUT2D eigenvalue weighted by Gasteiger charge is -2.33. The average Bonchev–Trinajstić information content (AvgIpc) is 2.74. The summed E-state index contributed by atoms with van der Waals surface area (Å²) in [5.74, 6) is 0.339. The lowest BCUT2D eigenvalue weighted by Crippen LogP contribution is -2.50. The predicted octanol–water partition coefficient (Wildman–Crippen LogP) is 2.86. The van der Waals surface area contributed by atoms with E-state index in [0.29, 0.717) is 51.0 Å². The van der Waals surface area contributed by atoms with Gasteiger partial charge in [-0.25, -0.2) is 14.8 Å². The maximum atomic E-state index is 12.9. The largest absolute Gasteiger partial charge is 0.450 e. The normalized spacial score (nSPS) is 13.9. The number of carbonyl (C=O) groups is 2. The zero-order valence-corrected chi connectivity index (χ0v) is 17.2. The van der Waals surface area contributed by atoms with Crippen molar-refractivity contribution in [2.45, 2.75) is 20.8 Å². The molecular formula is C21H27N5O3. The molecule has 3 rings (SSSR count). The minimum atomic E-state index is -0.333. The van der Waals surface area contributed by atoms with Crippen LogP contribution >= 0.6 is 0 Å². The zero-order chi connectivity index (χ0) is 20.8. The SMILES string of the molecule is CCOC(=O)N1CCN(C(=O)c2ccnc(N(CC)c3cccc(C)c3)n2)CC1. The number of ether oxygens (including phenoxy) is 1. The van der Waals surface area contributed by atoms with Crippen molar-refractivity contribution >= 4 is 23.6 Å². The number of carbonyl (C=O) groups excluding carboxylic acids is 2. The minimum absolute atomic E-state index is 0.155. The van der Waals surface area contributed by atoms with Crippen molar-refractivity contribution in [2.75, 3.05) is 44.2 Å². The van der Waals surface area contributed by atoms with Gasteiger partial charge in [0.15, 0.2) is 0 Å². The lowest BCUT2D eigenvalue weighted by molar-refractivity contribution is 0.0566. The summed E-state index contributed by atoms with van der Waals surface area (Å²) in [6.45, 7) is 8.66.